The monoisotopic (exact) mass is 264 g/mol. The highest BCUT2D eigenvalue weighted by Gasteiger charge is 2.49. The molecule has 0 radical (unpaired) electrons. The Bertz CT molecular complexity index is 297. The summed E-state index contributed by atoms with van der Waals surface area (Å²) in [7, 11) is 0. The average molecular weight is 264 g/mol. The lowest BCUT2D eigenvalue weighted by Crippen LogP contribution is -2.71. The van der Waals surface area contributed by atoms with Crippen molar-refractivity contribution in [1.29, 1.82) is 0 Å². The van der Waals surface area contributed by atoms with E-state index in [1.54, 1.807) is 0 Å². The highest BCUT2D eigenvalue weighted by molar-refractivity contribution is 5.07. The van der Waals surface area contributed by atoms with E-state index in [0.29, 0.717) is 11.1 Å². The average Bonchev–Trinajstić information content (AvgIpc) is 2.40. The molecule has 1 unspecified atom stereocenters. The van der Waals surface area contributed by atoms with Crippen LogP contribution in [0.2, 0.25) is 0 Å². The van der Waals surface area contributed by atoms with Gasteiger partial charge in [-0.3, -0.25) is 4.90 Å². The van der Waals surface area contributed by atoms with Crippen molar-refractivity contribution >= 4 is 0 Å². The van der Waals surface area contributed by atoms with Gasteiger partial charge >= 0.3 is 0 Å². The van der Waals surface area contributed by atoms with Crippen LogP contribution in [0.3, 0.4) is 0 Å². The Kier molecular flexibility index (Phi) is 3.92. The highest BCUT2D eigenvalue weighted by Crippen LogP contribution is 2.45. The van der Waals surface area contributed by atoms with Crippen molar-refractivity contribution in [3.63, 3.8) is 0 Å². The summed E-state index contributed by atoms with van der Waals surface area (Å²) in [4.78, 5) is 2.96. The molecule has 1 aliphatic heterocycles. The molecule has 0 aromatic rings. The van der Waals surface area contributed by atoms with Crippen molar-refractivity contribution < 1.29 is 0 Å². The first-order valence-corrected chi connectivity index (χ1v) is 8.75. The summed E-state index contributed by atoms with van der Waals surface area (Å²) in [5.41, 5.74) is 1.05. The standard InChI is InChI=1S/C17H32N2/c1-3-15-13-18-16(9-6-5-7-10-16)14-19(15)17(4-2)11-8-12-17/h15,18H,3-14H2,1-2H3. The van der Waals surface area contributed by atoms with Crippen molar-refractivity contribution in [2.24, 2.45) is 0 Å². The topological polar surface area (TPSA) is 15.3 Å². The fraction of sp³-hybridized carbons (Fsp3) is 1.00. The van der Waals surface area contributed by atoms with E-state index in [9.17, 15) is 0 Å². The lowest BCUT2D eigenvalue weighted by molar-refractivity contribution is -0.0695. The number of rotatable bonds is 3. The molecule has 3 fully saturated rings. The number of nitrogens with zero attached hydrogens (tertiary/aromatic N) is 1. The molecule has 0 bridgehead atoms. The number of hydrogen-bond acceptors (Lipinski definition) is 2. The molecule has 1 atom stereocenters. The first-order chi connectivity index (χ1) is 9.24. The van der Waals surface area contributed by atoms with Gasteiger partial charge in [0.25, 0.3) is 0 Å². The molecule has 2 nitrogen and oxygen atoms in total. The van der Waals surface area contributed by atoms with Crippen LogP contribution in [0.15, 0.2) is 0 Å². The Morgan fingerprint density at radius 2 is 1.74 bits per heavy atom. The van der Waals surface area contributed by atoms with Gasteiger partial charge in [0.15, 0.2) is 0 Å². The molecule has 2 saturated carbocycles. The predicted octanol–water partition coefficient (Wildman–Crippen LogP) is 3.71. The van der Waals surface area contributed by atoms with Gasteiger partial charge in [0.2, 0.25) is 0 Å². The molecule has 3 rings (SSSR count). The summed E-state index contributed by atoms with van der Waals surface area (Å²) in [6, 6.07) is 0.785. The molecular weight excluding hydrogens is 232 g/mol. The van der Waals surface area contributed by atoms with Crippen LogP contribution in [-0.4, -0.2) is 35.1 Å². The van der Waals surface area contributed by atoms with Gasteiger partial charge in [0.1, 0.15) is 0 Å². The second-order valence-corrected chi connectivity index (χ2v) is 7.34. The van der Waals surface area contributed by atoms with E-state index >= 15 is 0 Å². The van der Waals surface area contributed by atoms with Gasteiger partial charge in [-0.25, -0.2) is 0 Å². The predicted molar refractivity (Wildman–Crippen MR) is 81.5 cm³/mol. The van der Waals surface area contributed by atoms with Gasteiger partial charge in [-0.05, 0) is 44.9 Å². The van der Waals surface area contributed by atoms with Gasteiger partial charge < -0.3 is 5.32 Å². The first-order valence-electron chi connectivity index (χ1n) is 8.75. The van der Waals surface area contributed by atoms with Crippen molar-refractivity contribution in [3.8, 4) is 0 Å². The lowest BCUT2D eigenvalue weighted by Gasteiger charge is -2.60. The fourth-order valence-electron chi connectivity index (χ4n) is 4.87. The summed E-state index contributed by atoms with van der Waals surface area (Å²) in [6.45, 7) is 7.36. The van der Waals surface area contributed by atoms with Gasteiger partial charge in [-0.2, -0.15) is 0 Å². The minimum atomic E-state index is 0.474. The van der Waals surface area contributed by atoms with Gasteiger partial charge in [0, 0.05) is 30.2 Å². The number of hydrogen-bond donors (Lipinski definition) is 1. The molecule has 110 valence electrons. The molecule has 0 amide bonds. The van der Waals surface area contributed by atoms with E-state index in [0.717, 1.165) is 6.04 Å². The van der Waals surface area contributed by atoms with Crippen molar-refractivity contribution in [2.45, 2.75) is 95.2 Å². The summed E-state index contributed by atoms with van der Waals surface area (Å²) in [6.07, 6.45) is 14.2. The molecule has 2 heteroatoms. The Balaban J connectivity index is 1.78. The molecule has 2 aliphatic carbocycles. The zero-order chi connectivity index (χ0) is 13.3. The molecule has 1 heterocycles. The van der Waals surface area contributed by atoms with E-state index in [1.807, 2.05) is 0 Å². The van der Waals surface area contributed by atoms with Crippen molar-refractivity contribution in [2.75, 3.05) is 13.1 Å². The third kappa shape index (κ3) is 2.35. The summed E-state index contributed by atoms with van der Waals surface area (Å²) in [5.74, 6) is 0. The highest BCUT2D eigenvalue weighted by atomic mass is 15.3. The van der Waals surface area contributed by atoms with Crippen LogP contribution >= 0.6 is 0 Å². The maximum absolute atomic E-state index is 3.97. The minimum Gasteiger partial charge on any atom is -0.308 e. The minimum absolute atomic E-state index is 0.474. The Labute approximate surface area is 119 Å². The van der Waals surface area contributed by atoms with Crippen LogP contribution in [0.25, 0.3) is 0 Å². The summed E-state index contributed by atoms with van der Waals surface area (Å²) >= 11 is 0. The lowest BCUT2D eigenvalue weighted by atomic mass is 9.70. The van der Waals surface area contributed by atoms with E-state index < -0.39 is 0 Å². The molecule has 1 saturated heterocycles. The largest absolute Gasteiger partial charge is 0.308 e. The summed E-state index contributed by atoms with van der Waals surface area (Å²) < 4.78 is 0. The second-order valence-electron chi connectivity index (χ2n) is 7.34. The third-order valence-corrected chi connectivity index (χ3v) is 6.46. The maximum Gasteiger partial charge on any atom is 0.0309 e. The molecule has 1 N–H and O–H groups in total. The number of piperazine rings is 1. The van der Waals surface area contributed by atoms with E-state index in [-0.39, 0.29) is 0 Å². The molecule has 0 aromatic carbocycles. The SMILES string of the molecule is CCC1CNC2(CCCCC2)CN1C1(CC)CCC1. The van der Waals surface area contributed by atoms with E-state index in [4.69, 9.17) is 0 Å². The molecule has 0 aromatic heterocycles. The van der Waals surface area contributed by atoms with Crippen LogP contribution in [-0.2, 0) is 0 Å². The Hall–Kier alpha value is -0.0800. The molecule has 1 spiro atoms. The second kappa shape index (κ2) is 5.37. The normalized spacial score (nSPS) is 34.1. The van der Waals surface area contributed by atoms with E-state index in [1.165, 1.54) is 77.3 Å². The zero-order valence-electron chi connectivity index (χ0n) is 13.0. The van der Waals surface area contributed by atoms with Crippen LogP contribution < -0.4 is 5.32 Å². The van der Waals surface area contributed by atoms with Crippen LogP contribution in [0.1, 0.15) is 78.1 Å². The van der Waals surface area contributed by atoms with Gasteiger partial charge in [0.05, 0.1) is 0 Å². The van der Waals surface area contributed by atoms with Gasteiger partial charge in [-0.1, -0.05) is 33.1 Å². The molecular formula is C17H32N2. The number of nitrogens with one attached hydrogen (secondary N) is 1. The van der Waals surface area contributed by atoms with Gasteiger partial charge in [-0.15, -0.1) is 0 Å². The summed E-state index contributed by atoms with van der Waals surface area (Å²) in [5, 5.41) is 3.97. The van der Waals surface area contributed by atoms with Crippen molar-refractivity contribution in [1.82, 2.24) is 10.2 Å². The van der Waals surface area contributed by atoms with E-state index in [2.05, 4.69) is 24.1 Å². The van der Waals surface area contributed by atoms with Crippen LogP contribution in [0.5, 0.6) is 0 Å². The first kappa shape index (κ1) is 13.9. The molecule has 19 heavy (non-hydrogen) atoms. The Morgan fingerprint density at radius 3 is 2.26 bits per heavy atom. The fourth-order valence-corrected chi connectivity index (χ4v) is 4.87. The zero-order valence-corrected chi connectivity index (χ0v) is 13.0. The quantitative estimate of drug-likeness (QED) is 0.836. The maximum atomic E-state index is 3.97. The van der Waals surface area contributed by atoms with Crippen LogP contribution in [0, 0.1) is 0 Å². The molecule has 3 aliphatic rings. The Morgan fingerprint density at radius 1 is 1.00 bits per heavy atom. The van der Waals surface area contributed by atoms with Crippen LogP contribution in [0.4, 0.5) is 0 Å². The third-order valence-electron chi connectivity index (χ3n) is 6.46. The van der Waals surface area contributed by atoms with Crippen molar-refractivity contribution in [3.05, 3.63) is 0 Å². The smallest absolute Gasteiger partial charge is 0.0309 e.